The Morgan fingerprint density at radius 3 is 2.92 bits per heavy atom. The number of anilines is 1. The minimum atomic E-state index is 0.0833. The lowest BCUT2D eigenvalue weighted by atomic mass is 10.1. The number of nitrogens with one attached hydrogen (secondary N) is 2. The summed E-state index contributed by atoms with van der Waals surface area (Å²) in [5.74, 6) is 0.0833. The molecule has 0 spiro atoms. The minimum absolute atomic E-state index is 0.0833. The van der Waals surface area contributed by atoms with Crippen LogP contribution in [0.3, 0.4) is 0 Å². The number of nitrogens with zero attached hydrogens (tertiary/aromatic N) is 1. The van der Waals surface area contributed by atoms with Crippen molar-refractivity contribution in [2.75, 3.05) is 18.4 Å². The lowest BCUT2D eigenvalue weighted by Crippen LogP contribution is -3.11. The molecular weight excluding hydrogens is 342 g/mol. The van der Waals surface area contributed by atoms with Crippen molar-refractivity contribution < 1.29 is 9.69 Å². The first-order valence-corrected chi connectivity index (χ1v) is 9.99. The first kappa shape index (κ1) is 17.2. The van der Waals surface area contributed by atoms with Crippen molar-refractivity contribution in [3.8, 4) is 0 Å². The van der Waals surface area contributed by atoms with Gasteiger partial charge >= 0.3 is 0 Å². The van der Waals surface area contributed by atoms with E-state index in [0.717, 1.165) is 41.2 Å². The number of carbonyl (C=O) groups excluding carboxylic acids is 1. The number of amides is 1. The molecule has 4 nitrogen and oxygen atoms in total. The van der Waals surface area contributed by atoms with Crippen LogP contribution in [0.15, 0.2) is 42.5 Å². The zero-order chi connectivity index (χ0) is 18.1. The normalized spacial score (nSPS) is 19.8. The van der Waals surface area contributed by atoms with Crippen molar-refractivity contribution in [3.05, 3.63) is 58.6 Å². The monoisotopic (exact) mass is 366 g/mol. The van der Waals surface area contributed by atoms with Gasteiger partial charge in [-0.1, -0.05) is 29.8 Å². The zero-order valence-electron chi connectivity index (χ0n) is 15.2. The third kappa shape index (κ3) is 3.50. The van der Waals surface area contributed by atoms with E-state index in [4.69, 9.17) is 4.98 Å². The van der Waals surface area contributed by atoms with Crippen LogP contribution < -0.4 is 10.2 Å². The van der Waals surface area contributed by atoms with Crippen LogP contribution in [0.5, 0.6) is 0 Å². The van der Waals surface area contributed by atoms with Crippen molar-refractivity contribution in [3.63, 3.8) is 0 Å². The van der Waals surface area contributed by atoms with E-state index in [1.165, 1.54) is 15.2 Å². The number of likely N-dealkylation sites (tertiary alicyclic amines) is 1. The summed E-state index contributed by atoms with van der Waals surface area (Å²) < 4.78 is 1.23. The fourth-order valence-corrected chi connectivity index (χ4v) is 4.98. The lowest BCUT2D eigenvalue weighted by molar-refractivity contribution is -0.910. The van der Waals surface area contributed by atoms with Crippen molar-refractivity contribution in [2.24, 2.45) is 0 Å². The van der Waals surface area contributed by atoms with Gasteiger partial charge in [0.05, 0.1) is 16.8 Å². The predicted octanol–water partition coefficient (Wildman–Crippen LogP) is 3.27. The Hall–Kier alpha value is -2.24. The average molecular weight is 367 g/mol. The molecule has 0 bridgehead atoms. The topological polar surface area (TPSA) is 46.4 Å². The third-order valence-electron chi connectivity index (χ3n) is 5.14. The first-order chi connectivity index (χ1) is 12.6. The molecule has 1 unspecified atom stereocenters. The maximum Gasteiger partial charge on any atom is 0.279 e. The van der Waals surface area contributed by atoms with Crippen LogP contribution in [-0.4, -0.2) is 24.0 Å². The van der Waals surface area contributed by atoms with Crippen LogP contribution in [0, 0.1) is 13.8 Å². The fourth-order valence-electron chi connectivity index (χ4n) is 3.81. The number of carbonyl (C=O) groups is 1. The molecule has 4 rings (SSSR count). The van der Waals surface area contributed by atoms with Gasteiger partial charge in [-0.15, -0.1) is 11.3 Å². The number of benzene rings is 2. The van der Waals surface area contributed by atoms with Gasteiger partial charge in [0.2, 0.25) is 0 Å². The van der Waals surface area contributed by atoms with Crippen LogP contribution >= 0.6 is 11.3 Å². The summed E-state index contributed by atoms with van der Waals surface area (Å²) in [5.41, 5.74) is 4.30. The molecule has 3 aromatic rings. The number of rotatable bonds is 4. The van der Waals surface area contributed by atoms with E-state index >= 15 is 0 Å². The van der Waals surface area contributed by atoms with Gasteiger partial charge in [0.15, 0.2) is 11.6 Å². The van der Waals surface area contributed by atoms with Crippen molar-refractivity contribution in [1.29, 1.82) is 0 Å². The molecule has 0 saturated carbocycles. The van der Waals surface area contributed by atoms with E-state index in [-0.39, 0.29) is 5.91 Å². The maximum atomic E-state index is 12.6. The van der Waals surface area contributed by atoms with Gasteiger partial charge in [-0.3, -0.25) is 4.79 Å². The summed E-state index contributed by atoms with van der Waals surface area (Å²) in [4.78, 5) is 18.8. The van der Waals surface area contributed by atoms with E-state index in [1.54, 1.807) is 11.3 Å². The van der Waals surface area contributed by atoms with Gasteiger partial charge in [-0.2, -0.15) is 0 Å². The Morgan fingerprint density at radius 1 is 1.27 bits per heavy atom. The quantitative estimate of drug-likeness (QED) is 0.744. The van der Waals surface area contributed by atoms with Crippen molar-refractivity contribution >= 4 is 33.1 Å². The van der Waals surface area contributed by atoms with Gasteiger partial charge in [-0.25, -0.2) is 4.98 Å². The highest BCUT2D eigenvalue weighted by Crippen LogP contribution is 2.28. The Bertz CT molecular complexity index is 916. The predicted molar refractivity (Wildman–Crippen MR) is 107 cm³/mol. The molecule has 2 aromatic carbocycles. The molecule has 1 saturated heterocycles. The highest BCUT2D eigenvalue weighted by molar-refractivity contribution is 7.18. The Balaban J connectivity index is 1.47. The molecule has 134 valence electrons. The van der Waals surface area contributed by atoms with E-state index in [1.807, 2.05) is 25.1 Å². The maximum absolute atomic E-state index is 12.6. The molecule has 1 aliphatic rings. The SMILES string of the molecule is Cc1ccc(NC(=O)C[NH+]2CCC[C@H]2c2nc3ccccc3s2)c(C)c1. The minimum Gasteiger partial charge on any atom is -0.321 e. The molecule has 1 amide bonds. The van der Waals surface area contributed by atoms with Gasteiger partial charge in [0.1, 0.15) is 6.04 Å². The second-order valence-corrected chi connectivity index (χ2v) is 8.23. The Kier molecular flexibility index (Phi) is 4.74. The summed E-state index contributed by atoms with van der Waals surface area (Å²) in [6.07, 6.45) is 2.25. The molecule has 2 heterocycles. The van der Waals surface area contributed by atoms with E-state index in [2.05, 4.69) is 36.5 Å². The summed E-state index contributed by atoms with van der Waals surface area (Å²) in [5, 5.41) is 4.25. The standard InChI is InChI=1S/C21H23N3OS/c1-14-9-10-16(15(2)12-14)22-20(25)13-24-11-5-7-18(24)21-23-17-6-3-4-8-19(17)26-21/h3-4,6,8-10,12,18H,5,7,11,13H2,1-2H3,(H,22,25)/p+1/t18-/m0/s1. The summed E-state index contributed by atoms with van der Waals surface area (Å²) in [6, 6.07) is 14.7. The van der Waals surface area contributed by atoms with Gasteiger partial charge in [0.25, 0.3) is 5.91 Å². The zero-order valence-corrected chi connectivity index (χ0v) is 16.0. The number of fused-ring (bicyclic) bond motifs is 1. The number of quaternary nitrogens is 1. The van der Waals surface area contributed by atoms with E-state index in [9.17, 15) is 4.79 Å². The van der Waals surface area contributed by atoms with Crippen LogP contribution in [0.25, 0.3) is 10.2 Å². The number of aryl methyl sites for hydroxylation is 2. The van der Waals surface area contributed by atoms with Crippen molar-refractivity contribution in [1.82, 2.24) is 4.98 Å². The molecule has 1 fully saturated rings. The summed E-state index contributed by atoms with van der Waals surface area (Å²) in [7, 11) is 0. The fraction of sp³-hybridized carbons (Fsp3) is 0.333. The molecule has 1 aliphatic heterocycles. The highest BCUT2D eigenvalue weighted by atomic mass is 32.1. The third-order valence-corrected chi connectivity index (χ3v) is 6.29. The lowest BCUT2D eigenvalue weighted by Gasteiger charge is -2.19. The Morgan fingerprint density at radius 2 is 2.12 bits per heavy atom. The molecule has 0 radical (unpaired) electrons. The Labute approximate surface area is 157 Å². The number of hydrogen-bond acceptors (Lipinski definition) is 3. The second kappa shape index (κ2) is 7.17. The number of hydrogen-bond donors (Lipinski definition) is 2. The molecule has 2 atom stereocenters. The van der Waals surface area contributed by atoms with Crippen LogP contribution in [0.2, 0.25) is 0 Å². The van der Waals surface area contributed by atoms with Gasteiger partial charge < -0.3 is 10.2 Å². The van der Waals surface area contributed by atoms with Crippen LogP contribution in [0.4, 0.5) is 5.69 Å². The number of aromatic nitrogens is 1. The van der Waals surface area contributed by atoms with E-state index < -0.39 is 0 Å². The molecule has 5 heteroatoms. The summed E-state index contributed by atoms with van der Waals surface area (Å²) >= 11 is 1.77. The van der Waals surface area contributed by atoms with Crippen LogP contribution in [-0.2, 0) is 4.79 Å². The number of para-hydroxylation sites is 1. The second-order valence-electron chi connectivity index (χ2n) is 7.17. The van der Waals surface area contributed by atoms with Crippen LogP contribution in [0.1, 0.15) is 35.0 Å². The molecular formula is C21H24N3OS+. The first-order valence-electron chi connectivity index (χ1n) is 9.17. The van der Waals surface area contributed by atoms with Gasteiger partial charge in [0, 0.05) is 18.5 Å². The van der Waals surface area contributed by atoms with Gasteiger partial charge in [-0.05, 0) is 37.6 Å². The van der Waals surface area contributed by atoms with E-state index in [0.29, 0.717) is 12.6 Å². The molecule has 1 aromatic heterocycles. The van der Waals surface area contributed by atoms with Crippen molar-refractivity contribution in [2.45, 2.75) is 32.7 Å². The molecule has 26 heavy (non-hydrogen) atoms. The smallest absolute Gasteiger partial charge is 0.279 e. The molecule has 0 aliphatic carbocycles. The number of thiazole rings is 1. The largest absolute Gasteiger partial charge is 0.321 e. The molecule has 2 N–H and O–H groups in total. The highest BCUT2D eigenvalue weighted by Gasteiger charge is 2.34. The summed E-state index contributed by atoms with van der Waals surface area (Å²) in [6.45, 7) is 5.62. The average Bonchev–Trinajstić information content (AvgIpc) is 3.23.